The number of nitrogens with one attached hydrogen (secondary N) is 2. The first-order valence-corrected chi connectivity index (χ1v) is 6.04. The monoisotopic (exact) mass is 253 g/mol. The molecule has 2 amide bonds. The van der Waals surface area contributed by atoms with E-state index < -0.39 is 0 Å². The third kappa shape index (κ3) is 5.14. The molecule has 0 aliphatic rings. The maximum atomic E-state index is 12.7. The van der Waals surface area contributed by atoms with Crippen LogP contribution in [0.2, 0.25) is 0 Å². The molecule has 1 atom stereocenters. The van der Waals surface area contributed by atoms with E-state index in [9.17, 15) is 9.18 Å². The molecule has 0 radical (unpaired) electrons. The fourth-order valence-electron chi connectivity index (χ4n) is 1.67. The lowest BCUT2D eigenvalue weighted by Gasteiger charge is -2.19. The second-order valence-corrected chi connectivity index (χ2v) is 4.67. The van der Waals surface area contributed by atoms with Crippen molar-refractivity contribution in [1.29, 1.82) is 0 Å². The Labute approximate surface area is 107 Å². The van der Waals surface area contributed by atoms with Crippen molar-refractivity contribution in [3.8, 4) is 0 Å². The van der Waals surface area contributed by atoms with Crippen LogP contribution >= 0.6 is 0 Å². The average Bonchev–Trinajstić information content (AvgIpc) is 2.30. The van der Waals surface area contributed by atoms with Crippen molar-refractivity contribution in [2.24, 2.45) is 11.7 Å². The zero-order valence-electron chi connectivity index (χ0n) is 10.7. The smallest absolute Gasteiger partial charge is 0.319 e. The molecule has 1 aromatic carbocycles. The lowest BCUT2D eigenvalue weighted by molar-refractivity contribution is 0.246. The summed E-state index contributed by atoms with van der Waals surface area (Å²) >= 11 is 0. The van der Waals surface area contributed by atoms with E-state index in [1.165, 1.54) is 24.3 Å². The van der Waals surface area contributed by atoms with Crippen LogP contribution in [0.25, 0.3) is 0 Å². The van der Waals surface area contributed by atoms with Gasteiger partial charge in [0.1, 0.15) is 5.82 Å². The Balaban J connectivity index is 2.47. The van der Waals surface area contributed by atoms with Gasteiger partial charge in [-0.05, 0) is 36.6 Å². The van der Waals surface area contributed by atoms with Crippen molar-refractivity contribution < 1.29 is 9.18 Å². The molecule has 1 unspecified atom stereocenters. The van der Waals surface area contributed by atoms with Gasteiger partial charge in [0.05, 0.1) is 0 Å². The van der Waals surface area contributed by atoms with Crippen LogP contribution in [0, 0.1) is 11.7 Å². The van der Waals surface area contributed by atoms with Gasteiger partial charge in [-0.3, -0.25) is 0 Å². The van der Waals surface area contributed by atoms with Crippen molar-refractivity contribution in [2.75, 3.05) is 11.9 Å². The number of anilines is 1. The minimum atomic E-state index is -0.333. The zero-order chi connectivity index (χ0) is 13.5. The lowest BCUT2D eigenvalue weighted by Crippen LogP contribution is -2.43. The number of hydrogen-bond acceptors (Lipinski definition) is 2. The maximum Gasteiger partial charge on any atom is 0.319 e. The Hall–Kier alpha value is -1.62. The summed E-state index contributed by atoms with van der Waals surface area (Å²) in [5, 5.41) is 5.43. The molecule has 1 rings (SSSR count). The third-order valence-corrected chi connectivity index (χ3v) is 2.48. The van der Waals surface area contributed by atoms with Gasteiger partial charge in [-0.15, -0.1) is 0 Å². The first-order chi connectivity index (χ1) is 8.51. The highest BCUT2D eigenvalue weighted by Gasteiger charge is 2.12. The fourth-order valence-corrected chi connectivity index (χ4v) is 1.67. The average molecular weight is 253 g/mol. The van der Waals surface area contributed by atoms with E-state index in [0.717, 1.165) is 6.42 Å². The molecule has 5 heteroatoms. The number of carbonyl (C=O) groups is 1. The molecule has 4 nitrogen and oxygen atoms in total. The van der Waals surface area contributed by atoms with E-state index in [1.807, 2.05) is 0 Å². The topological polar surface area (TPSA) is 67.1 Å². The zero-order valence-corrected chi connectivity index (χ0v) is 10.7. The summed E-state index contributed by atoms with van der Waals surface area (Å²) in [6.07, 6.45) is 0.827. The van der Waals surface area contributed by atoms with Crippen LogP contribution in [-0.4, -0.2) is 18.6 Å². The Morgan fingerprint density at radius 3 is 2.44 bits per heavy atom. The van der Waals surface area contributed by atoms with Gasteiger partial charge < -0.3 is 16.4 Å². The number of nitrogens with two attached hydrogens (primary N) is 1. The highest BCUT2D eigenvalue weighted by Crippen LogP contribution is 2.08. The Morgan fingerprint density at radius 1 is 1.33 bits per heavy atom. The third-order valence-electron chi connectivity index (χ3n) is 2.48. The van der Waals surface area contributed by atoms with Gasteiger partial charge in [-0.25, -0.2) is 9.18 Å². The number of halogens is 1. The lowest BCUT2D eigenvalue weighted by atomic mass is 10.0. The van der Waals surface area contributed by atoms with Crippen LogP contribution in [0.5, 0.6) is 0 Å². The van der Waals surface area contributed by atoms with E-state index in [2.05, 4.69) is 24.5 Å². The predicted octanol–water partition coefficient (Wildman–Crippen LogP) is 2.32. The summed E-state index contributed by atoms with van der Waals surface area (Å²) in [6.45, 7) is 4.54. The van der Waals surface area contributed by atoms with Gasteiger partial charge in [0.2, 0.25) is 0 Å². The van der Waals surface area contributed by atoms with Crippen molar-refractivity contribution in [2.45, 2.75) is 26.3 Å². The summed E-state index contributed by atoms with van der Waals surface area (Å²) < 4.78 is 12.7. The standard InChI is InChI=1S/C13H20FN3O/c1-9(2)7-12(8-15)17-13(18)16-11-5-3-10(14)4-6-11/h3-6,9,12H,7-8,15H2,1-2H3,(H2,16,17,18). The molecule has 0 heterocycles. The number of carbonyl (C=O) groups excluding carboxylic acids is 1. The quantitative estimate of drug-likeness (QED) is 0.754. The van der Waals surface area contributed by atoms with Crippen LogP contribution in [0.1, 0.15) is 20.3 Å². The molecule has 0 saturated heterocycles. The number of benzene rings is 1. The first kappa shape index (κ1) is 14.4. The van der Waals surface area contributed by atoms with Crippen LogP contribution in [0.4, 0.5) is 14.9 Å². The summed E-state index contributed by atoms with van der Waals surface area (Å²) in [7, 11) is 0. The highest BCUT2D eigenvalue weighted by molar-refractivity contribution is 5.89. The number of rotatable bonds is 5. The molecule has 0 spiro atoms. The maximum absolute atomic E-state index is 12.7. The number of hydrogen-bond donors (Lipinski definition) is 3. The van der Waals surface area contributed by atoms with Crippen LogP contribution < -0.4 is 16.4 Å². The molecule has 0 aliphatic carbocycles. The highest BCUT2D eigenvalue weighted by atomic mass is 19.1. The molecule has 0 aromatic heterocycles. The second-order valence-electron chi connectivity index (χ2n) is 4.67. The molecule has 0 saturated carbocycles. The Kier molecular flexibility index (Phi) is 5.58. The first-order valence-electron chi connectivity index (χ1n) is 6.04. The second kappa shape index (κ2) is 6.96. The SMILES string of the molecule is CC(C)CC(CN)NC(=O)Nc1ccc(F)cc1. The van der Waals surface area contributed by atoms with E-state index in [0.29, 0.717) is 18.2 Å². The molecule has 0 aliphatic heterocycles. The fraction of sp³-hybridized carbons (Fsp3) is 0.462. The van der Waals surface area contributed by atoms with E-state index in [4.69, 9.17) is 5.73 Å². The van der Waals surface area contributed by atoms with Gasteiger partial charge in [-0.2, -0.15) is 0 Å². The summed E-state index contributed by atoms with van der Waals surface area (Å²) in [4.78, 5) is 11.7. The van der Waals surface area contributed by atoms with Gasteiger partial charge in [0, 0.05) is 18.3 Å². The van der Waals surface area contributed by atoms with Crippen LogP contribution in [-0.2, 0) is 0 Å². The van der Waals surface area contributed by atoms with Crippen LogP contribution in [0.15, 0.2) is 24.3 Å². The molecule has 100 valence electrons. The molecule has 0 fully saturated rings. The molecule has 0 bridgehead atoms. The van der Waals surface area contributed by atoms with Crippen molar-refractivity contribution >= 4 is 11.7 Å². The number of urea groups is 1. The van der Waals surface area contributed by atoms with Crippen LogP contribution in [0.3, 0.4) is 0 Å². The van der Waals surface area contributed by atoms with Gasteiger partial charge in [-0.1, -0.05) is 13.8 Å². The summed E-state index contributed by atoms with van der Waals surface area (Å²) in [6, 6.07) is 5.24. The van der Waals surface area contributed by atoms with E-state index in [1.54, 1.807) is 0 Å². The molecule has 18 heavy (non-hydrogen) atoms. The summed E-state index contributed by atoms with van der Waals surface area (Å²) in [5.41, 5.74) is 6.14. The largest absolute Gasteiger partial charge is 0.334 e. The van der Waals surface area contributed by atoms with E-state index in [-0.39, 0.29) is 17.9 Å². The van der Waals surface area contributed by atoms with Crippen molar-refractivity contribution in [1.82, 2.24) is 5.32 Å². The van der Waals surface area contributed by atoms with Gasteiger partial charge in [0.15, 0.2) is 0 Å². The minimum absolute atomic E-state index is 0.0505. The van der Waals surface area contributed by atoms with Gasteiger partial charge >= 0.3 is 6.03 Å². The Bertz CT molecular complexity index is 378. The summed E-state index contributed by atoms with van der Waals surface area (Å²) in [5.74, 6) is 0.130. The predicted molar refractivity (Wildman–Crippen MR) is 70.9 cm³/mol. The molecular weight excluding hydrogens is 233 g/mol. The Morgan fingerprint density at radius 2 is 1.94 bits per heavy atom. The molecule has 1 aromatic rings. The molecular formula is C13H20FN3O. The van der Waals surface area contributed by atoms with Crippen molar-refractivity contribution in [3.05, 3.63) is 30.1 Å². The molecule has 4 N–H and O–H groups in total. The van der Waals surface area contributed by atoms with E-state index >= 15 is 0 Å². The minimum Gasteiger partial charge on any atom is -0.334 e. The van der Waals surface area contributed by atoms with Crippen molar-refractivity contribution in [3.63, 3.8) is 0 Å². The van der Waals surface area contributed by atoms with Gasteiger partial charge in [0.25, 0.3) is 0 Å². The number of amides is 2. The normalized spacial score (nSPS) is 12.3.